The van der Waals surface area contributed by atoms with Gasteiger partial charge in [-0.2, -0.15) is 0 Å². The van der Waals surface area contributed by atoms with E-state index in [2.05, 4.69) is 4.99 Å². The second-order valence-electron chi connectivity index (χ2n) is 1.66. The number of nitrogens with zero attached hydrogens (tertiary/aromatic N) is 1. The maximum atomic E-state index is 10.1. The number of carboxylic acid groups (broad SMARTS) is 1. The summed E-state index contributed by atoms with van der Waals surface area (Å²) in [5.74, 6) is -1.53. The number of rotatable bonds is 2. The van der Waals surface area contributed by atoms with E-state index in [9.17, 15) is 9.90 Å². The Bertz CT molecular complexity index is 142. The van der Waals surface area contributed by atoms with Gasteiger partial charge in [-0.1, -0.05) is 0 Å². The van der Waals surface area contributed by atoms with Gasteiger partial charge in [0.05, 0.1) is 0 Å². The van der Waals surface area contributed by atoms with E-state index in [4.69, 9.17) is 5.11 Å². The van der Waals surface area contributed by atoms with Crippen LogP contribution in [0, 0.1) is 0 Å². The van der Waals surface area contributed by atoms with Crippen molar-refractivity contribution in [2.75, 3.05) is 0 Å². The number of carboxylic acids is 1. The van der Waals surface area contributed by atoms with E-state index < -0.39 is 17.9 Å². The van der Waals surface area contributed by atoms with Gasteiger partial charge in [0, 0.05) is 0 Å². The summed E-state index contributed by atoms with van der Waals surface area (Å²) in [7, 11) is 0. The van der Waals surface area contributed by atoms with Crippen LogP contribution in [0.4, 0.5) is 0 Å². The number of hydrogen-bond donors (Lipinski definition) is 1. The summed E-state index contributed by atoms with van der Waals surface area (Å²) < 4.78 is 0. The van der Waals surface area contributed by atoms with Gasteiger partial charge in [-0.3, -0.25) is 4.99 Å². The summed E-state index contributed by atoms with van der Waals surface area (Å²) in [6.45, 7) is 2.57. The number of aliphatic imine (C=N–C) groups is 1. The first-order valence-corrected chi connectivity index (χ1v) is 2.48. The van der Waals surface area contributed by atoms with Gasteiger partial charge in [-0.25, -0.2) is 4.79 Å². The molecule has 0 aromatic heterocycles. The predicted molar refractivity (Wildman–Crippen MR) is 30.2 cm³/mol. The number of hydrogen-bond acceptors (Lipinski definition) is 3. The van der Waals surface area contributed by atoms with E-state index in [0.717, 1.165) is 0 Å². The van der Waals surface area contributed by atoms with Crippen LogP contribution in [0.15, 0.2) is 4.99 Å². The monoisotopic (exact) mass is 153 g/mol. The first kappa shape index (κ1) is 12.6. The van der Waals surface area contributed by atoms with E-state index in [1.807, 2.05) is 0 Å². The van der Waals surface area contributed by atoms with Gasteiger partial charge in [-0.15, -0.1) is 0 Å². The molecule has 0 aromatic carbocycles. The molecule has 0 fully saturated rings. The molecule has 0 saturated carbocycles. The van der Waals surface area contributed by atoms with Crippen LogP contribution < -0.4 is 34.7 Å². The van der Waals surface area contributed by atoms with E-state index in [1.165, 1.54) is 13.8 Å². The molecular formula is C5H8NNaO3. The van der Waals surface area contributed by atoms with Crippen molar-refractivity contribution in [3.63, 3.8) is 0 Å². The van der Waals surface area contributed by atoms with Crippen LogP contribution in [0.5, 0.6) is 0 Å². The zero-order valence-electron chi connectivity index (χ0n) is 6.29. The molecule has 0 aliphatic carbocycles. The summed E-state index contributed by atoms with van der Waals surface area (Å²) in [6, 6.07) is -0.914. The van der Waals surface area contributed by atoms with Crippen LogP contribution in [0.3, 0.4) is 0 Å². The van der Waals surface area contributed by atoms with E-state index in [-0.39, 0.29) is 29.6 Å². The fraction of sp³-hybridized carbons (Fsp3) is 0.600. The van der Waals surface area contributed by atoms with E-state index >= 15 is 0 Å². The third kappa shape index (κ3) is 6.07. The van der Waals surface area contributed by atoms with Crippen molar-refractivity contribution < 1.29 is 44.6 Å². The van der Waals surface area contributed by atoms with Gasteiger partial charge >= 0.3 is 35.5 Å². The molecule has 0 aliphatic rings. The van der Waals surface area contributed by atoms with Crippen LogP contribution >= 0.6 is 0 Å². The Morgan fingerprint density at radius 3 is 2.20 bits per heavy atom. The summed E-state index contributed by atoms with van der Waals surface area (Å²) in [6.07, 6.45) is 0. The topological polar surface area (TPSA) is 72.7 Å². The van der Waals surface area contributed by atoms with Crippen molar-refractivity contribution in [2.24, 2.45) is 4.99 Å². The standard InChI is InChI=1S/C5H9NO3.Na/c1-3(5(8)9)6-4(2)7;/h3H,1-2H3,(H,6,7)(H,8,9);/q;+1/p-1/t3-;/m1./s1. The zero-order valence-corrected chi connectivity index (χ0v) is 8.29. The zero-order chi connectivity index (χ0) is 7.44. The van der Waals surface area contributed by atoms with Gasteiger partial charge < -0.3 is 10.2 Å². The summed E-state index contributed by atoms with van der Waals surface area (Å²) in [5.41, 5.74) is 0. The molecule has 52 valence electrons. The number of carbonyl (C=O) groups is 1. The van der Waals surface area contributed by atoms with Crippen LogP contribution in [0.25, 0.3) is 0 Å². The average molecular weight is 153 g/mol. The quantitative estimate of drug-likeness (QED) is 0.251. The SMILES string of the molecule is CC([O-])=N[C@H](C)C(=O)O.[Na+]. The molecule has 0 saturated heterocycles. The molecule has 0 aromatic rings. The summed E-state index contributed by atoms with van der Waals surface area (Å²) in [5, 5.41) is 18.3. The van der Waals surface area contributed by atoms with Crippen LogP contribution in [0.1, 0.15) is 13.8 Å². The fourth-order valence-corrected chi connectivity index (χ4v) is 0.328. The molecule has 0 spiro atoms. The van der Waals surface area contributed by atoms with Gasteiger partial charge in [0.2, 0.25) is 0 Å². The molecule has 0 unspecified atom stereocenters. The maximum Gasteiger partial charge on any atom is 1.00 e. The third-order valence-electron chi connectivity index (χ3n) is 0.733. The van der Waals surface area contributed by atoms with Gasteiger partial charge in [0.15, 0.2) is 0 Å². The Morgan fingerprint density at radius 1 is 1.70 bits per heavy atom. The first-order valence-electron chi connectivity index (χ1n) is 2.48. The molecule has 10 heavy (non-hydrogen) atoms. The second-order valence-corrected chi connectivity index (χ2v) is 1.66. The maximum absolute atomic E-state index is 10.1. The molecule has 0 amide bonds. The predicted octanol–water partition coefficient (Wildman–Crippen LogP) is -3.76. The Labute approximate surface area is 81.3 Å². The molecule has 1 N–H and O–H groups in total. The molecule has 1 atom stereocenters. The van der Waals surface area contributed by atoms with Crippen molar-refractivity contribution in [1.29, 1.82) is 0 Å². The molecule has 0 heterocycles. The van der Waals surface area contributed by atoms with Crippen LogP contribution in [0.2, 0.25) is 0 Å². The largest absolute Gasteiger partial charge is 1.00 e. The minimum Gasteiger partial charge on any atom is -0.862 e. The number of aliphatic carboxylic acids is 1. The Kier molecular flexibility index (Phi) is 7.19. The molecular weight excluding hydrogens is 145 g/mol. The smallest absolute Gasteiger partial charge is 0.862 e. The molecule has 4 nitrogen and oxygen atoms in total. The van der Waals surface area contributed by atoms with Crippen molar-refractivity contribution in [2.45, 2.75) is 19.9 Å². The van der Waals surface area contributed by atoms with Crippen molar-refractivity contribution >= 4 is 11.9 Å². The average Bonchev–Trinajstić information content (AvgIpc) is 1.63. The van der Waals surface area contributed by atoms with Crippen molar-refractivity contribution in [3.8, 4) is 0 Å². The Hall–Kier alpha value is -0.0600. The van der Waals surface area contributed by atoms with Gasteiger partial charge in [-0.05, 0) is 19.7 Å². The Balaban J connectivity index is 0. The fourth-order valence-electron chi connectivity index (χ4n) is 0.328. The molecule has 0 radical (unpaired) electrons. The van der Waals surface area contributed by atoms with Crippen LogP contribution in [-0.4, -0.2) is 23.0 Å². The first-order chi connectivity index (χ1) is 4.04. The third-order valence-corrected chi connectivity index (χ3v) is 0.733. The van der Waals surface area contributed by atoms with E-state index in [0.29, 0.717) is 0 Å². The minimum atomic E-state index is -1.08. The second kappa shape index (κ2) is 5.70. The minimum absolute atomic E-state index is 0. The molecule has 5 heteroatoms. The molecule has 0 rings (SSSR count). The molecule has 0 aliphatic heterocycles. The van der Waals surface area contributed by atoms with Gasteiger partial charge in [0.1, 0.15) is 6.04 Å². The summed E-state index contributed by atoms with van der Waals surface area (Å²) >= 11 is 0. The van der Waals surface area contributed by atoms with Crippen molar-refractivity contribution in [1.82, 2.24) is 0 Å². The Morgan fingerprint density at radius 2 is 2.10 bits per heavy atom. The van der Waals surface area contributed by atoms with Gasteiger partial charge in [0.25, 0.3) is 0 Å². The normalized spacial score (nSPS) is 13.6. The van der Waals surface area contributed by atoms with Crippen LogP contribution in [-0.2, 0) is 4.79 Å². The molecule has 0 bridgehead atoms. The van der Waals surface area contributed by atoms with Crippen molar-refractivity contribution in [3.05, 3.63) is 0 Å². The van der Waals surface area contributed by atoms with E-state index in [1.54, 1.807) is 0 Å². The summed E-state index contributed by atoms with van der Waals surface area (Å²) in [4.78, 5) is 13.2.